The molecule has 1 nitrogen and oxygen atoms in total. The lowest BCUT2D eigenvalue weighted by Crippen LogP contribution is -2.03. The lowest BCUT2D eigenvalue weighted by Gasteiger charge is -2.09. The number of unbranched alkanes of at least 4 members (excludes halogenated alkanes) is 2. The Morgan fingerprint density at radius 1 is 1.20 bits per heavy atom. The maximum atomic E-state index is 13.5. The highest BCUT2D eigenvalue weighted by molar-refractivity contribution is 14.1. The van der Waals surface area contributed by atoms with Crippen LogP contribution in [0.15, 0.2) is 12.1 Å². The molecule has 0 amide bonds. The van der Waals surface area contributed by atoms with Crippen LogP contribution in [0.2, 0.25) is 0 Å². The highest BCUT2D eigenvalue weighted by Gasteiger charge is 2.27. The van der Waals surface area contributed by atoms with Gasteiger partial charge in [0.2, 0.25) is 0 Å². The third-order valence-corrected chi connectivity index (χ3v) is 4.51. The molecule has 1 aromatic carbocycles. The van der Waals surface area contributed by atoms with Gasteiger partial charge in [-0.15, -0.1) is 0 Å². The second-order valence-electron chi connectivity index (χ2n) is 4.24. The maximum absolute atomic E-state index is 13.5. The fraction of sp³-hybridized carbons (Fsp3) is 0.538. The van der Waals surface area contributed by atoms with Gasteiger partial charge in [-0.25, -0.2) is 4.39 Å². The van der Waals surface area contributed by atoms with E-state index in [9.17, 15) is 17.6 Å². The van der Waals surface area contributed by atoms with Crippen LogP contribution < -0.4 is 4.74 Å². The van der Waals surface area contributed by atoms with Crippen LogP contribution in [0, 0.1) is 16.3 Å². The third kappa shape index (κ3) is 7.01. The van der Waals surface area contributed by atoms with Gasteiger partial charge in [0.05, 0.1) is 6.61 Å². The molecule has 114 valence electrons. The molecule has 0 aliphatic carbocycles. The van der Waals surface area contributed by atoms with E-state index in [2.05, 4.69) is 22.6 Å². The Bertz CT molecular complexity index is 437. The molecule has 1 aromatic rings. The van der Waals surface area contributed by atoms with Crippen molar-refractivity contribution in [2.45, 2.75) is 31.7 Å². The van der Waals surface area contributed by atoms with Gasteiger partial charge >= 0.3 is 5.51 Å². The van der Waals surface area contributed by atoms with Crippen molar-refractivity contribution < 1.29 is 22.3 Å². The summed E-state index contributed by atoms with van der Waals surface area (Å²) in [6.07, 6.45) is 1.72. The second kappa shape index (κ2) is 8.31. The van der Waals surface area contributed by atoms with Crippen LogP contribution in [0.3, 0.4) is 0 Å². The highest BCUT2D eigenvalue weighted by atomic mass is 127. The molecule has 0 bridgehead atoms. The number of halogens is 5. The summed E-state index contributed by atoms with van der Waals surface area (Å²) >= 11 is 2.09. The van der Waals surface area contributed by atoms with Gasteiger partial charge in [0.25, 0.3) is 0 Å². The first-order valence-electron chi connectivity index (χ1n) is 6.09. The first kappa shape index (κ1) is 17.9. The van der Waals surface area contributed by atoms with E-state index < -0.39 is 11.3 Å². The molecule has 7 heteroatoms. The summed E-state index contributed by atoms with van der Waals surface area (Å²) in [5.74, 6) is -0.152. The van der Waals surface area contributed by atoms with Crippen LogP contribution in [0.1, 0.15) is 24.8 Å². The van der Waals surface area contributed by atoms with Crippen LogP contribution in [0.4, 0.5) is 17.6 Å². The summed E-state index contributed by atoms with van der Waals surface area (Å²) in [5.41, 5.74) is -3.31. The van der Waals surface area contributed by atoms with E-state index in [4.69, 9.17) is 4.74 Å². The number of hydrogen-bond donors (Lipinski definition) is 0. The molecule has 1 rings (SSSR count). The Labute approximate surface area is 133 Å². The Morgan fingerprint density at radius 3 is 2.55 bits per heavy atom. The van der Waals surface area contributed by atoms with Gasteiger partial charge in [0, 0.05) is 9.32 Å². The molecule has 0 radical (unpaired) electrons. The van der Waals surface area contributed by atoms with Gasteiger partial charge in [0.15, 0.2) is 11.6 Å². The molecule has 0 aliphatic heterocycles. The molecule has 0 saturated carbocycles. The summed E-state index contributed by atoms with van der Waals surface area (Å²) in [6, 6.07) is 3.04. The Kier molecular flexibility index (Phi) is 7.42. The lowest BCUT2D eigenvalue weighted by atomic mass is 10.2. The fourth-order valence-electron chi connectivity index (χ4n) is 1.49. The van der Waals surface area contributed by atoms with Crippen LogP contribution in [-0.2, 0) is 0 Å². The Morgan fingerprint density at radius 2 is 1.90 bits per heavy atom. The van der Waals surface area contributed by atoms with E-state index >= 15 is 0 Å². The lowest BCUT2D eigenvalue weighted by molar-refractivity contribution is -0.0328. The average molecular weight is 422 g/mol. The number of alkyl halides is 3. The van der Waals surface area contributed by atoms with Crippen LogP contribution in [-0.4, -0.2) is 17.9 Å². The monoisotopic (exact) mass is 422 g/mol. The van der Waals surface area contributed by atoms with Gasteiger partial charge in [0.1, 0.15) is 0 Å². The standard InChI is InChI=1S/C13H15F4IOS/c1-9-7-10(14)12(8-11(9)18)19-5-3-2-4-6-20-13(15,16)17/h7-8H,2-6H2,1H3. The van der Waals surface area contributed by atoms with Crippen molar-refractivity contribution in [3.63, 3.8) is 0 Å². The van der Waals surface area contributed by atoms with Gasteiger partial charge in [-0.1, -0.05) is 11.8 Å². The van der Waals surface area contributed by atoms with Crippen LogP contribution in [0.5, 0.6) is 5.75 Å². The summed E-state index contributed by atoms with van der Waals surface area (Å²) < 4.78 is 55.4. The minimum Gasteiger partial charge on any atom is -0.490 e. The first-order chi connectivity index (χ1) is 9.29. The topological polar surface area (TPSA) is 9.23 Å². The predicted octanol–water partition coefficient (Wildman–Crippen LogP) is 5.54. The first-order valence-corrected chi connectivity index (χ1v) is 8.15. The van der Waals surface area contributed by atoms with E-state index in [-0.39, 0.29) is 23.3 Å². The largest absolute Gasteiger partial charge is 0.490 e. The van der Waals surface area contributed by atoms with Gasteiger partial charge in [-0.2, -0.15) is 13.2 Å². The van der Waals surface area contributed by atoms with Gasteiger partial charge in [-0.05, 0) is 66.5 Å². The zero-order valence-electron chi connectivity index (χ0n) is 10.9. The highest BCUT2D eigenvalue weighted by Crippen LogP contribution is 2.30. The van der Waals surface area contributed by atoms with E-state index in [1.165, 1.54) is 6.07 Å². The number of aryl methyl sites for hydroxylation is 1. The quantitative estimate of drug-likeness (QED) is 0.324. The van der Waals surface area contributed by atoms with E-state index in [0.717, 1.165) is 9.13 Å². The molecular formula is C13H15F4IOS. The fourth-order valence-corrected chi connectivity index (χ4v) is 2.51. The minimum absolute atomic E-state index is 0.00782. The number of benzene rings is 1. The van der Waals surface area contributed by atoms with Crippen molar-refractivity contribution in [3.05, 3.63) is 27.1 Å². The smallest absolute Gasteiger partial charge is 0.441 e. The van der Waals surface area contributed by atoms with Crippen molar-refractivity contribution in [2.24, 2.45) is 0 Å². The molecule has 0 spiro atoms. The normalized spacial score (nSPS) is 11.7. The molecule has 0 aliphatic rings. The molecule has 0 N–H and O–H groups in total. The van der Waals surface area contributed by atoms with Gasteiger partial charge in [-0.3, -0.25) is 0 Å². The van der Waals surface area contributed by atoms with E-state index in [0.29, 0.717) is 25.9 Å². The number of hydrogen-bond acceptors (Lipinski definition) is 2. The maximum Gasteiger partial charge on any atom is 0.441 e. The molecule has 0 saturated heterocycles. The molecular weight excluding hydrogens is 407 g/mol. The summed E-state index contributed by atoms with van der Waals surface area (Å²) in [5, 5.41) is 0. The van der Waals surface area contributed by atoms with Crippen molar-refractivity contribution in [1.29, 1.82) is 0 Å². The van der Waals surface area contributed by atoms with Crippen molar-refractivity contribution in [3.8, 4) is 5.75 Å². The Hall–Kier alpha value is -0.180. The summed E-state index contributed by atoms with van der Waals surface area (Å²) in [7, 11) is 0. The van der Waals surface area contributed by atoms with Crippen LogP contribution in [0.25, 0.3) is 0 Å². The molecule has 0 heterocycles. The molecule has 0 aromatic heterocycles. The molecule has 0 fully saturated rings. The third-order valence-electron chi connectivity index (χ3n) is 2.53. The molecule has 0 unspecified atom stereocenters. The van der Waals surface area contributed by atoms with E-state index in [1.807, 2.05) is 6.92 Å². The SMILES string of the molecule is Cc1cc(F)c(OCCCCCSC(F)(F)F)cc1I. The summed E-state index contributed by atoms with van der Waals surface area (Å²) in [4.78, 5) is 0. The second-order valence-corrected chi connectivity index (χ2v) is 6.56. The predicted molar refractivity (Wildman–Crippen MR) is 81.7 cm³/mol. The number of thioether (sulfide) groups is 1. The van der Waals surface area contributed by atoms with Crippen molar-refractivity contribution >= 4 is 34.4 Å². The summed E-state index contributed by atoms with van der Waals surface area (Å²) in [6.45, 7) is 2.12. The number of rotatable bonds is 7. The van der Waals surface area contributed by atoms with E-state index in [1.54, 1.807) is 6.07 Å². The minimum atomic E-state index is -4.15. The van der Waals surface area contributed by atoms with Gasteiger partial charge < -0.3 is 4.74 Å². The molecule has 0 atom stereocenters. The van der Waals surface area contributed by atoms with Crippen LogP contribution >= 0.6 is 34.4 Å². The van der Waals surface area contributed by atoms with Crippen molar-refractivity contribution in [1.82, 2.24) is 0 Å². The molecule has 20 heavy (non-hydrogen) atoms. The average Bonchev–Trinajstić information content (AvgIpc) is 2.32. The zero-order valence-corrected chi connectivity index (χ0v) is 13.9. The van der Waals surface area contributed by atoms with Crippen molar-refractivity contribution in [2.75, 3.05) is 12.4 Å². The Balaban J connectivity index is 2.20. The number of ether oxygens (including phenoxy) is 1. The zero-order chi connectivity index (χ0) is 15.2.